The molecule has 0 bridgehead atoms. The van der Waals surface area contributed by atoms with Crippen molar-refractivity contribution in [3.8, 4) is 0 Å². The molecule has 0 aliphatic carbocycles. The minimum absolute atomic E-state index is 0.0764. The lowest BCUT2D eigenvalue weighted by Crippen LogP contribution is -2.17. The molecule has 1 atom stereocenters. The zero-order chi connectivity index (χ0) is 7.11. The molecule has 0 fully saturated rings. The average Bonchev–Trinajstić information content (AvgIpc) is 1.88. The first kappa shape index (κ1) is 8.59. The van der Waals surface area contributed by atoms with Crippen molar-refractivity contribution in [2.45, 2.75) is 12.5 Å². The van der Waals surface area contributed by atoms with Crippen LogP contribution in [0.2, 0.25) is 0 Å². The second-order valence-electron chi connectivity index (χ2n) is 1.72. The predicted molar refractivity (Wildman–Crippen MR) is 33.4 cm³/mol. The van der Waals surface area contributed by atoms with Gasteiger partial charge in [-0.3, -0.25) is 0 Å². The molecule has 0 aromatic carbocycles. The van der Waals surface area contributed by atoms with Gasteiger partial charge in [-0.25, -0.2) is 0 Å². The van der Waals surface area contributed by atoms with E-state index in [9.17, 15) is 4.79 Å². The lowest BCUT2D eigenvalue weighted by molar-refractivity contribution is -0.110. The van der Waals surface area contributed by atoms with E-state index in [0.29, 0.717) is 13.0 Å². The number of carbonyl (C=O) groups is 1. The monoisotopic (exact) mass is 132 g/mol. The van der Waals surface area contributed by atoms with Gasteiger partial charge in [0.25, 0.3) is 0 Å². The average molecular weight is 132 g/mol. The molecule has 54 valence electrons. The fourth-order valence-corrected chi connectivity index (χ4v) is 0.526. The van der Waals surface area contributed by atoms with Gasteiger partial charge in [0.15, 0.2) is 0 Å². The third kappa shape index (κ3) is 4.12. The van der Waals surface area contributed by atoms with Crippen LogP contribution in [0, 0.1) is 0 Å². The van der Waals surface area contributed by atoms with E-state index in [1.54, 1.807) is 14.2 Å². The highest BCUT2D eigenvalue weighted by molar-refractivity contribution is 5.50. The molecule has 0 aromatic rings. The van der Waals surface area contributed by atoms with E-state index in [0.717, 1.165) is 6.29 Å². The summed E-state index contributed by atoms with van der Waals surface area (Å²) in [4.78, 5) is 9.91. The van der Waals surface area contributed by atoms with Crippen molar-refractivity contribution in [2.24, 2.45) is 0 Å². The Kier molecular flexibility index (Phi) is 5.46. The highest BCUT2D eigenvalue weighted by Gasteiger charge is 2.03. The number of methoxy groups -OCH3 is 2. The molecule has 0 rings (SSSR count). The Bertz CT molecular complexity index is 72.7. The summed E-state index contributed by atoms with van der Waals surface area (Å²) in [6.45, 7) is 0.481. The molecule has 0 N–H and O–H groups in total. The van der Waals surface area contributed by atoms with E-state index in [2.05, 4.69) is 0 Å². The maximum atomic E-state index is 9.91. The second-order valence-corrected chi connectivity index (χ2v) is 1.72. The standard InChI is InChI=1S/C6H12O3/c1-8-5-6(9-2)3-4-7/h4,6H,3,5H2,1-2H3/t6-/m1/s1. The Labute approximate surface area is 55.0 Å². The van der Waals surface area contributed by atoms with E-state index in [-0.39, 0.29) is 6.10 Å². The third-order valence-electron chi connectivity index (χ3n) is 1.05. The molecule has 0 aliphatic rings. The maximum absolute atomic E-state index is 9.91. The molecule has 3 nitrogen and oxygen atoms in total. The number of hydrogen-bond acceptors (Lipinski definition) is 3. The van der Waals surface area contributed by atoms with E-state index in [1.807, 2.05) is 0 Å². The topological polar surface area (TPSA) is 35.5 Å². The van der Waals surface area contributed by atoms with Gasteiger partial charge < -0.3 is 14.3 Å². The smallest absolute Gasteiger partial charge is 0.122 e. The van der Waals surface area contributed by atoms with Gasteiger partial charge >= 0.3 is 0 Å². The van der Waals surface area contributed by atoms with Gasteiger partial charge in [-0.05, 0) is 0 Å². The summed E-state index contributed by atoms with van der Waals surface area (Å²) < 4.78 is 9.64. The molecule has 0 saturated heterocycles. The first-order chi connectivity index (χ1) is 4.35. The Morgan fingerprint density at radius 3 is 2.56 bits per heavy atom. The number of aldehydes is 1. The summed E-state index contributed by atoms with van der Waals surface area (Å²) in [6.07, 6.45) is 1.16. The summed E-state index contributed by atoms with van der Waals surface area (Å²) in [5.41, 5.74) is 0. The summed E-state index contributed by atoms with van der Waals surface area (Å²) in [5, 5.41) is 0. The van der Waals surface area contributed by atoms with Crippen molar-refractivity contribution in [1.29, 1.82) is 0 Å². The van der Waals surface area contributed by atoms with Crippen LogP contribution in [0.15, 0.2) is 0 Å². The molecular weight excluding hydrogens is 120 g/mol. The highest BCUT2D eigenvalue weighted by atomic mass is 16.5. The van der Waals surface area contributed by atoms with Gasteiger partial charge in [0.05, 0.1) is 12.7 Å². The van der Waals surface area contributed by atoms with E-state index < -0.39 is 0 Å². The van der Waals surface area contributed by atoms with Gasteiger partial charge in [-0.15, -0.1) is 0 Å². The van der Waals surface area contributed by atoms with Crippen molar-refractivity contribution in [2.75, 3.05) is 20.8 Å². The first-order valence-corrected chi connectivity index (χ1v) is 2.80. The van der Waals surface area contributed by atoms with Crippen LogP contribution < -0.4 is 0 Å². The predicted octanol–water partition coefficient (Wildman–Crippen LogP) is 0.237. The minimum atomic E-state index is -0.0764. The normalized spacial score (nSPS) is 13.1. The Hall–Kier alpha value is -0.410. The molecule has 0 saturated carbocycles. The van der Waals surface area contributed by atoms with Crippen LogP contribution in [0.1, 0.15) is 6.42 Å². The molecule has 0 unspecified atom stereocenters. The Morgan fingerprint density at radius 2 is 2.22 bits per heavy atom. The second kappa shape index (κ2) is 5.72. The largest absolute Gasteiger partial charge is 0.382 e. The van der Waals surface area contributed by atoms with Crippen molar-refractivity contribution < 1.29 is 14.3 Å². The summed E-state index contributed by atoms with van der Waals surface area (Å²) in [5.74, 6) is 0. The van der Waals surface area contributed by atoms with Gasteiger partial charge in [0.2, 0.25) is 0 Å². The molecule has 0 aliphatic heterocycles. The number of rotatable bonds is 5. The van der Waals surface area contributed by atoms with Crippen molar-refractivity contribution in [3.63, 3.8) is 0 Å². The minimum Gasteiger partial charge on any atom is -0.382 e. The number of carbonyl (C=O) groups excluding carboxylic acids is 1. The zero-order valence-electron chi connectivity index (χ0n) is 5.79. The van der Waals surface area contributed by atoms with Gasteiger partial charge in [0.1, 0.15) is 6.29 Å². The third-order valence-corrected chi connectivity index (χ3v) is 1.05. The van der Waals surface area contributed by atoms with Crippen LogP contribution in [0.5, 0.6) is 0 Å². The van der Waals surface area contributed by atoms with Crippen molar-refractivity contribution in [3.05, 3.63) is 0 Å². The maximum Gasteiger partial charge on any atom is 0.122 e. The Balaban J connectivity index is 3.28. The van der Waals surface area contributed by atoms with Crippen LogP contribution in [-0.2, 0) is 14.3 Å². The molecule has 0 heterocycles. The molecule has 0 radical (unpaired) electrons. The molecule has 0 spiro atoms. The number of ether oxygens (including phenoxy) is 2. The van der Waals surface area contributed by atoms with Crippen LogP contribution >= 0.6 is 0 Å². The summed E-state index contributed by atoms with van der Waals surface area (Å²) in [7, 11) is 3.14. The van der Waals surface area contributed by atoms with Crippen molar-refractivity contribution >= 4 is 6.29 Å². The molecular formula is C6H12O3. The zero-order valence-corrected chi connectivity index (χ0v) is 5.79. The summed E-state index contributed by atoms with van der Waals surface area (Å²) >= 11 is 0. The van der Waals surface area contributed by atoms with Crippen LogP contribution in [0.3, 0.4) is 0 Å². The van der Waals surface area contributed by atoms with E-state index in [1.165, 1.54) is 0 Å². The SMILES string of the molecule is COC[C@@H](CC=O)OC. The van der Waals surface area contributed by atoms with E-state index >= 15 is 0 Å². The molecule has 9 heavy (non-hydrogen) atoms. The van der Waals surface area contributed by atoms with Crippen LogP contribution in [-0.4, -0.2) is 33.2 Å². The number of hydrogen-bond donors (Lipinski definition) is 0. The molecule has 0 aromatic heterocycles. The van der Waals surface area contributed by atoms with Crippen LogP contribution in [0.4, 0.5) is 0 Å². The lowest BCUT2D eigenvalue weighted by atomic mass is 10.3. The fourth-order valence-electron chi connectivity index (χ4n) is 0.526. The first-order valence-electron chi connectivity index (χ1n) is 2.80. The fraction of sp³-hybridized carbons (Fsp3) is 0.833. The van der Waals surface area contributed by atoms with Crippen molar-refractivity contribution in [1.82, 2.24) is 0 Å². The quantitative estimate of drug-likeness (QED) is 0.502. The summed E-state index contributed by atoms with van der Waals surface area (Å²) in [6, 6.07) is 0. The van der Waals surface area contributed by atoms with E-state index in [4.69, 9.17) is 9.47 Å². The molecule has 3 heteroatoms. The Morgan fingerprint density at radius 1 is 1.56 bits per heavy atom. The highest BCUT2D eigenvalue weighted by Crippen LogP contribution is 1.93. The van der Waals surface area contributed by atoms with Gasteiger partial charge in [-0.1, -0.05) is 0 Å². The lowest BCUT2D eigenvalue weighted by Gasteiger charge is -2.09. The van der Waals surface area contributed by atoms with Gasteiger partial charge in [-0.2, -0.15) is 0 Å². The van der Waals surface area contributed by atoms with Crippen LogP contribution in [0.25, 0.3) is 0 Å². The van der Waals surface area contributed by atoms with Gasteiger partial charge in [0, 0.05) is 20.6 Å². The molecule has 0 amide bonds.